The first kappa shape index (κ1) is 14.1. The SMILES string of the molecule is C[Si](C)(c1ccccc1)[C@H](O)c1cccc2ccccc12. The van der Waals surface area contributed by atoms with E-state index in [4.69, 9.17) is 0 Å². The fourth-order valence-corrected chi connectivity index (χ4v) is 5.30. The Labute approximate surface area is 126 Å². The van der Waals surface area contributed by atoms with Gasteiger partial charge in [0.1, 0.15) is 8.07 Å². The van der Waals surface area contributed by atoms with Gasteiger partial charge in [-0.1, -0.05) is 91.1 Å². The van der Waals surface area contributed by atoms with Crippen molar-refractivity contribution in [2.45, 2.75) is 18.8 Å². The van der Waals surface area contributed by atoms with Gasteiger partial charge in [0, 0.05) is 0 Å². The maximum absolute atomic E-state index is 11.1. The molecule has 0 aromatic heterocycles. The van der Waals surface area contributed by atoms with Crippen LogP contribution in [0.3, 0.4) is 0 Å². The molecule has 0 spiro atoms. The molecule has 0 aliphatic carbocycles. The highest BCUT2D eigenvalue weighted by atomic mass is 28.3. The van der Waals surface area contributed by atoms with E-state index in [-0.39, 0.29) is 0 Å². The van der Waals surface area contributed by atoms with Crippen molar-refractivity contribution in [3.05, 3.63) is 78.4 Å². The smallest absolute Gasteiger partial charge is 0.118 e. The number of benzene rings is 3. The fourth-order valence-electron chi connectivity index (χ4n) is 2.90. The lowest BCUT2D eigenvalue weighted by molar-refractivity contribution is 0.253. The first-order valence-electron chi connectivity index (χ1n) is 7.32. The van der Waals surface area contributed by atoms with Crippen molar-refractivity contribution in [2.75, 3.05) is 0 Å². The molecule has 1 nitrogen and oxygen atoms in total. The second-order valence-corrected chi connectivity index (χ2v) is 10.6. The quantitative estimate of drug-likeness (QED) is 0.723. The van der Waals surface area contributed by atoms with Gasteiger partial charge in [-0.3, -0.25) is 0 Å². The standard InChI is InChI=1S/C19H20OSi/c1-21(2,16-11-4-3-5-12-16)19(20)18-14-8-10-15-9-6-7-13-17(15)18/h3-14,19-20H,1-2H3/t19-/m0/s1. The summed E-state index contributed by atoms with van der Waals surface area (Å²) in [5.74, 6) is 0. The number of fused-ring (bicyclic) bond motifs is 1. The van der Waals surface area contributed by atoms with E-state index >= 15 is 0 Å². The van der Waals surface area contributed by atoms with E-state index in [0.29, 0.717) is 0 Å². The van der Waals surface area contributed by atoms with E-state index in [0.717, 1.165) is 10.9 Å². The van der Waals surface area contributed by atoms with Gasteiger partial charge in [-0.2, -0.15) is 0 Å². The molecule has 3 rings (SSSR count). The monoisotopic (exact) mass is 292 g/mol. The Balaban J connectivity index is 2.10. The normalized spacial score (nSPS) is 13.3. The summed E-state index contributed by atoms with van der Waals surface area (Å²) in [6, 6.07) is 24.9. The molecular formula is C19H20OSi. The van der Waals surface area contributed by atoms with Crippen molar-refractivity contribution in [3.8, 4) is 0 Å². The Morgan fingerprint density at radius 3 is 2.14 bits per heavy atom. The highest BCUT2D eigenvalue weighted by Gasteiger charge is 2.34. The van der Waals surface area contributed by atoms with Gasteiger partial charge in [0.05, 0.1) is 5.73 Å². The van der Waals surface area contributed by atoms with Crippen LogP contribution in [0.2, 0.25) is 13.1 Å². The molecule has 1 atom stereocenters. The van der Waals surface area contributed by atoms with Crippen LogP contribution in [0.5, 0.6) is 0 Å². The Morgan fingerprint density at radius 2 is 1.38 bits per heavy atom. The molecule has 0 aliphatic rings. The molecule has 0 unspecified atom stereocenters. The zero-order valence-electron chi connectivity index (χ0n) is 12.5. The van der Waals surface area contributed by atoms with Crippen LogP contribution in [-0.4, -0.2) is 13.2 Å². The molecule has 0 fully saturated rings. The zero-order chi connectivity index (χ0) is 14.9. The van der Waals surface area contributed by atoms with Crippen molar-refractivity contribution >= 4 is 24.0 Å². The van der Waals surface area contributed by atoms with Crippen LogP contribution >= 0.6 is 0 Å². The van der Waals surface area contributed by atoms with Gasteiger partial charge in [0.15, 0.2) is 0 Å². The zero-order valence-corrected chi connectivity index (χ0v) is 13.5. The highest BCUT2D eigenvalue weighted by molar-refractivity contribution is 6.90. The Bertz CT molecular complexity index is 744. The average Bonchev–Trinajstić information content (AvgIpc) is 2.54. The summed E-state index contributed by atoms with van der Waals surface area (Å²) in [5.41, 5.74) is 0.639. The molecule has 0 heterocycles. The fraction of sp³-hybridized carbons (Fsp3) is 0.158. The summed E-state index contributed by atoms with van der Waals surface area (Å²) >= 11 is 0. The number of hydrogen-bond acceptors (Lipinski definition) is 1. The molecule has 0 bridgehead atoms. The van der Waals surface area contributed by atoms with Crippen molar-refractivity contribution in [3.63, 3.8) is 0 Å². The minimum atomic E-state index is -1.99. The van der Waals surface area contributed by atoms with Crippen LogP contribution in [0.15, 0.2) is 72.8 Å². The molecule has 106 valence electrons. The van der Waals surface area contributed by atoms with Crippen molar-refractivity contribution in [2.24, 2.45) is 0 Å². The molecule has 21 heavy (non-hydrogen) atoms. The third-order valence-corrected chi connectivity index (χ3v) is 7.82. The lowest BCUT2D eigenvalue weighted by Gasteiger charge is -2.30. The summed E-state index contributed by atoms with van der Waals surface area (Å²) in [6.45, 7) is 4.46. The number of rotatable bonds is 3. The molecule has 3 aromatic carbocycles. The van der Waals surface area contributed by atoms with E-state index < -0.39 is 13.8 Å². The number of hydrogen-bond donors (Lipinski definition) is 1. The molecule has 3 aromatic rings. The van der Waals surface area contributed by atoms with Crippen molar-refractivity contribution in [1.29, 1.82) is 0 Å². The third kappa shape index (κ3) is 2.52. The van der Waals surface area contributed by atoms with E-state index in [2.05, 4.69) is 61.6 Å². The molecule has 2 heteroatoms. The molecule has 0 aliphatic heterocycles. The Hall–Kier alpha value is -1.90. The van der Waals surface area contributed by atoms with Gasteiger partial charge >= 0.3 is 0 Å². The molecule has 1 N–H and O–H groups in total. The minimum Gasteiger partial charge on any atom is -0.392 e. The largest absolute Gasteiger partial charge is 0.392 e. The second kappa shape index (κ2) is 5.47. The third-order valence-electron chi connectivity index (χ3n) is 4.32. The van der Waals surface area contributed by atoms with Crippen LogP contribution < -0.4 is 5.19 Å². The van der Waals surface area contributed by atoms with Gasteiger partial charge < -0.3 is 5.11 Å². The number of aliphatic hydroxyl groups is 1. The summed E-state index contributed by atoms with van der Waals surface area (Å²) in [7, 11) is -1.99. The van der Waals surface area contributed by atoms with E-state index in [1.165, 1.54) is 10.6 Å². The molecule has 0 saturated heterocycles. The molecular weight excluding hydrogens is 272 g/mol. The number of aliphatic hydroxyl groups excluding tert-OH is 1. The topological polar surface area (TPSA) is 20.2 Å². The summed E-state index contributed by atoms with van der Waals surface area (Å²) in [4.78, 5) is 0. The Kier molecular flexibility index (Phi) is 3.66. The molecule has 0 saturated carbocycles. The van der Waals surface area contributed by atoms with Gasteiger partial charge in [-0.15, -0.1) is 0 Å². The summed E-state index contributed by atoms with van der Waals surface area (Å²) < 4.78 is 0. The van der Waals surface area contributed by atoms with Crippen LogP contribution in [0.1, 0.15) is 11.3 Å². The van der Waals surface area contributed by atoms with Crippen LogP contribution in [-0.2, 0) is 0 Å². The van der Waals surface area contributed by atoms with Gasteiger partial charge in [-0.25, -0.2) is 0 Å². The minimum absolute atomic E-state index is 0.411. The molecule has 0 amide bonds. The maximum atomic E-state index is 11.1. The van der Waals surface area contributed by atoms with E-state index in [1.54, 1.807) is 0 Å². The lowest BCUT2D eigenvalue weighted by Crippen LogP contribution is -2.47. The van der Waals surface area contributed by atoms with Gasteiger partial charge in [-0.05, 0) is 16.3 Å². The lowest BCUT2D eigenvalue weighted by atomic mass is 10.1. The van der Waals surface area contributed by atoms with Crippen molar-refractivity contribution < 1.29 is 5.11 Å². The summed E-state index contributed by atoms with van der Waals surface area (Å²) in [5, 5.41) is 14.7. The van der Waals surface area contributed by atoms with Crippen LogP contribution in [0, 0.1) is 0 Å². The first-order valence-corrected chi connectivity index (χ1v) is 10.4. The predicted octanol–water partition coefficient (Wildman–Crippen LogP) is 4.03. The van der Waals surface area contributed by atoms with Crippen LogP contribution in [0.25, 0.3) is 10.8 Å². The van der Waals surface area contributed by atoms with E-state index in [1.807, 2.05) is 24.3 Å². The maximum Gasteiger partial charge on any atom is 0.118 e. The predicted molar refractivity (Wildman–Crippen MR) is 92.5 cm³/mol. The van der Waals surface area contributed by atoms with Crippen LogP contribution in [0.4, 0.5) is 0 Å². The second-order valence-electron chi connectivity index (χ2n) is 6.06. The average molecular weight is 292 g/mol. The first-order chi connectivity index (χ1) is 10.1. The summed E-state index contributed by atoms with van der Waals surface area (Å²) in [6.07, 6.45) is 0. The highest BCUT2D eigenvalue weighted by Crippen LogP contribution is 2.30. The Morgan fingerprint density at radius 1 is 0.762 bits per heavy atom. The molecule has 0 radical (unpaired) electrons. The van der Waals surface area contributed by atoms with Gasteiger partial charge in [0.25, 0.3) is 0 Å². The van der Waals surface area contributed by atoms with Gasteiger partial charge in [0.2, 0.25) is 0 Å². The van der Waals surface area contributed by atoms with E-state index in [9.17, 15) is 5.11 Å². The van der Waals surface area contributed by atoms with Crippen molar-refractivity contribution in [1.82, 2.24) is 0 Å².